The van der Waals surface area contributed by atoms with Crippen molar-refractivity contribution in [2.24, 2.45) is 0 Å². The summed E-state index contributed by atoms with van der Waals surface area (Å²) < 4.78 is 0. The number of nitro groups is 1. The third-order valence-electron chi connectivity index (χ3n) is 3.48. The lowest BCUT2D eigenvalue weighted by Crippen LogP contribution is -2.39. The van der Waals surface area contributed by atoms with E-state index in [9.17, 15) is 14.9 Å². The molecule has 108 valence electrons. The van der Waals surface area contributed by atoms with Crippen molar-refractivity contribution in [2.75, 3.05) is 11.9 Å². The molecular formula is C14H19N3O3. The summed E-state index contributed by atoms with van der Waals surface area (Å²) in [6, 6.07) is 4.45. The van der Waals surface area contributed by atoms with Crippen molar-refractivity contribution in [1.29, 1.82) is 0 Å². The number of nitrogens with one attached hydrogen (secondary N) is 2. The van der Waals surface area contributed by atoms with Crippen molar-refractivity contribution in [1.82, 2.24) is 5.32 Å². The first-order valence-electron chi connectivity index (χ1n) is 6.87. The van der Waals surface area contributed by atoms with E-state index in [1.165, 1.54) is 6.07 Å². The molecule has 1 unspecified atom stereocenters. The van der Waals surface area contributed by atoms with Crippen LogP contribution in [0.2, 0.25) is 0 Å². The Morgan fingerprint density at radius 1 is 1.40 bits per heavy atom. The van der Waals surface area contributed by atoms with Crippen LogP contribution in [-0.4, -0.2) is 23.4 Å². The van der Waals surface area contributed by atoms with Gasteiger partial charge in [0, 0.05) is 6.07 Å². The Balaban J connectivity index is 2.14. The average Bonchev–Trinajstić information content (AvgIpc) is 2.67. The van der Waals surface area contributed by atoms with Crippen molar-refractivity contribution >= 4 is 17.3 Å². The lowest BCUT2D eigenvalue weighted by molar-refractivity contribution is -0.383. The van der Waals surface area contributed by atoms with Crippen LogP contribution >= 0.6 is 0 Å². The second-order valence-corrected chi connectivity index (χ2v) is 5.12. The maximum absolute atomic E-state index is 12.2. The smallest absolute Gasteiger partial charge is 0.292 e. The first kappa shape index (κ1) is 14.5. The Morgan fingerprint density at radius 3 is 2.95 bits per heavy atom. The van der Waals surface area contributed by atoms with Gasteiger partial charge in [0.05, 0.1) is 11.0 Å². The van der Waals surface area contributed by atoms with Crippen LogP contribution in [-0.2, 0) is 4.79 Å². The van der Waals surface area contributed by atoms with E-state index < -0.39 is 4.92 Å². The van der Waals surface area contributed by atoms with Crippen molar-refractivity contribution < 1.29 is 9.72 Å². The Bertz CT molecular complexity index is 508. The summed E-state index contributed by atoms with van der Waals surface area (Å²) in [6.45, 7) is 2.65. The molecule has 1 aliphatic heterocycles. The van der Waals surface area contributed by atoms with E-state index in [0.29, 0.717) is 0 Å². The lowest BCUT2D eigenvalue weighted by atomic mass is 10.1. The molecule has 1 saturated heterocycles. The highest BCUT2D eigenvalue weighted by Gasteiger charge is 2.22. The van der Waals surface area contributed by atoms with E-state index in [2.05, 4.69) is 10.6 Å². The molecule has 2 rings (SSSR count). The number of nitrogens with zero attached hydrogens (tertiary/aromatic N) is 1. The van der Waals surface area contributed by atoms with Crippen LogP contribution in [0.3, 0.4) is 0 Å². The zero-order valence-electron chi connectivity index (χ0n) is 11.5. The first-order chi connectivity index (χ1) is 9.58. The number of benzene rings is 1. The van der Waals surface area contributed by atoms with E-state index in [4.69, 9.17) is 0 Å². The number of carbonyl (C=O) groups is 1. The fourth-order valence-electron chi connectivity index (χ4n) is 2.38. The summed E-state index contributed by atoms with van der Waals surface area (Å²) in [7, 11) is 0. The molecule has 1 aromatic rings. The summed E-state index contributed by atoms with van der Waals surface area (Å²) >= 11 is 0. The minimum absolute atomic E-state index is 0.0717. The van der Waals surface area contributed by atoms with Gasteiger partial charge in [0.1, 0.15) is 5.69 Å². The van der Waals surface area contributed by atoms with Crippen LogP contribution in [0.4, 0.5) is 11.4 Å². The van der Waals surface area contributed by atoms with Gasteiger partial charge in [-0.25, -0.2) is 0 Å². The number of hydrogen-bond acceptors (Lipinski definition) is 4. The molecule has 1 aromatic carbocycles. The predicted octanol–water partition coefficient (Wildman–Crippen LogP) is 2.37. The molecular weight excluding hydrogens is 258 g/mol. The summed E-state index contributed by atoms with van der Waals surface area (Å²) in [5, 5.41) is 16.9. The van der Waals surface area contributed by atoms with Gasteiger partial charge in [0.15, 0.2) is 0 Å². The fourth-order valence-corrected chi connectivity index (χ4v) is 2.38. The monoisotopic (exact) mass is 277 g/mol. The maximum atomic E-state index is 12.2. The number of amides is 1. The summed E-state index contributed by atoms with van der Waals surface area (Å²) in [4.78, 5) is 22.7. The minimum atomic E-state index is -0.477. The zero-order valence-corrected chi connectivity index (χ0v) is 11.5. The number of rotatable bonds is 3. The standard InChI is InChI=1S/C14H19N3O3/c1-10-6-7-13(17(19)20)12(9-10)16-14(18)11-5-3-2-4-8-15-11/h6-7,9,11,15H,2-5,8H2,1H3,(H,16,18). The highest BCUT2D eigenvalue weighted by molar-refractivity contribution is 5.96. The van der Waals surface area contributed by atoms with Crippen molar-refractivity contribution in [2.45, 2.75) is 38.6 Å². The van der Waals surface area contributed by atoms with Crippen molar-refractivity contribution in [3.05, 3.63) is 33.9 Å². The number of aryl methyl sites for hydroxylation is 1. The lowest BCUT2D eigenvalue weighted by Gasteiger charge is -2.15. The van der Waals surface area contributed by atoms with E-state index in [-0.39, 0.29) is 23.3 Å². The highest BCUT2D eigenvalue weighted by Crippen LogP contribution is 2.25. The van der Waals surface area contributed by atoms with Crippen molar-refractivity contribution in [3.8, 4) is 0 Å². The average molecular weight is 277 g/mol. The largest absolute Gasteiger partial charge is 0.319 e. The molecule has 0 saturated carbocycles. The van der Waals surface area contributed by atoms with Gasteiger partial charge in [-0.2, -0.15) is 0 Å². The van der Waals surface area contributed by atoms with Gasteiger partial charge in [-0.3, -0.25) is 14.9 Å². The topological polar surface area (TPSA) is 84.3 Å². The van der Waals surface area contributed by atoms with Gasteiger partial charge < -0.3 is 10.6 Å². The highest BCUT2D eigenvalue weighted by atomic mass is 16.6. The predicted molar refractivity (Wildman–Crippen MR) is 76.7 cm³/mol. The van der Waals surface area contributed by atoms with Gasteiger partial charge in [-0.1, -0.05) is 18.9 Å². The molecule has 0 aromatic heterocycles. The molecule has 1 heterocycles. The normalized spacial score (nSPS) is 19.1. The molecule has 0 spiro atoms. The van der Waals surface area contributed by atoms with Crippen LogP contribution in [0.25, 0.3) is 0 Å². The van der Waals surface area contributed by atoms with Crippen LogP contribution in [0.15, 0.2) is 18.2 Å². The second-order valence-electron chi connectivity index (χ2n) is 5.12. The molecule has 6 nitrogen and oxygen atoms in total. The van der Waals surface area contributed by atoms with E-state index in [1.807, 2.05) is 6.92 Å². The Kier molecular flexibility index (Phi) is 4.68. The summed E-state index contributed by atoms with van der Waals surface area (Å²) in [5.74, 6) is -0.194. The molecule has 20 heavy (non-hydrogen) atoms. The molecule has 2 N–H and O–H groups in total. The van der Waals surface area contributed by atoms with Crippen LogP contribution < -0.4 is 10.6 Å². The van der Waals surface area contributed by atoms with Crippen LogP contribution in [0.5, 0.6) is 0 Å². The molecule has 0 bridgehead atoms. The van der Waals surface area contributed by atoms with Crippen LogP contribution in [0.1, 0.15) is 31.2 Å². The minimum Gasteiger partial charge on any atom is -0.319 e. The number of hydrogen-bond donors (Lipinski definition) is 2. The first-order valence-corrected chi connectivity index (χ1v) is 6.87. The van der Waals surface area contributed by atoms with Crippen molar-refractivity contribution in [3.63, 3.8) is 0 Å². The molecule has 1 amide bonds. The summed E-state index contributed by atoms with van der Waals surface area (Å²) in [6.07, 6.45) is 3.95. The quantitative estimate of drug-likeness (QED) is 0.656. The second kappa shape index (κ2) is 6.47. The van der Waals surface area contributed by atoms with E-state index in [1.54, 1.807) is 12.1 Å². The Morgan fingerprint density at radius 2 is 2.20 bits per heavy atom. The number of carbonyl (C=O) groups excluding carboxylic acids is 1. The van der Waals surface area contributed by atoms with E-state index in [0.717, 1.165) is 37.8 Å². The molecule has 1 atom stereocenters. The number of anilines is 1. The third kappa shape index (κ3) is 3.54. The Hall–Kier alpha value is -1.95. The molecule has 0 radical (unpaired) electrons. The van der Waals surface area contributed by atoms with Gasteiger partial charge in [-0.05, 0) is 37.9 Å². The third-order valence-corrected chi connectivity index (χ3v) is 3.48. The number of nitro benzene ring substituents is 1. The molecule has 0 aliphatic carbocycles. The van der Waals surface area contributed by atoms with Gasteiger partial charge >= 0.3 is 0 Å². The van der Waals surface area contributed by atoms with E-state index >= 15 is 0 Å². The molecule has 1 fully saturated rings. The molecule has 6 heteroatoms. The zero-order chi connectivity index (χ0) is 14.5. The Labute approximate surface area is 117 Å². The van der Waals surface area contributed by atoms with Gasteiger partial charge in [0.2, 0.25) is 5.91 Å². The fraction of sp³-hybridized carbons (Fsp3) is 0.500. The molecule has 1 aliphatic rings. The van der Waals surface area contributed by atoms with Gasteiger partial charge in [-0.15, -0.1) is 0 Å². The van der Waals surface area contributed by atoms with Crippen LogP contribution in [0, 0.1) is 17.0 Å². The van der Waals surface area contributed by atoms with Gasteiger partial charge in [0.25, 0.3) is 5.69 Å². The SMILES string of the molecule is Cc1ccc([N+](=O)[O-])c(NC(=O)C2CCCCCN2)c1. The maximum Gasteiger partial charge on any atom is 0.292 e. The summed E-state index contributed by atoms with van der Waals surface area (Å²) in [5.41, 5.74) is 1.07.